The Morgan fingerprint density at radius 3 is 2.50 bits per heavy atom. The predicted octanol–water partition coefficient (Wildman–Crippen LogP) is 1.48. The zero-order chi connectivity index (χ0) is 14.4. The maximum Gasteiger partial charge on any atom is 0.0697 e. The van der Waals surface area contributed by atoms with Gasteiger partial charge in [-0.3, -0.25) is 0 Å². The van der Waals surface area contributed by atoms with Crippen molar-refractivity contribution < 1.29 is 9.84 Å². The molecule has 0 radical (unpaired) electrons. The molecule has 1 aliphatic heterocycles. The van der Waals surface area contributed by atoms with Crippen molar-refractivity contribution in [3.63, 3.8) is 0 Å². The average molecular weight is 284 g/mol. The summed E-state index contributed by atoms with van der Waals surface area (Å²) in [5.41, 5.74) is 0. The fourth-order valence-electron chi connectivity index (χ4n) is 3.84. The second-order valence-corrected chi connectivity index (χ2v) is 6.67. The summed E-state index contributed by atoms with van der Waals surface area (Å²) in [7, 11) is 0. The van der Waals surface area contributed by atoms with E-state index in [4.69, 9.17) is 9.84 Å². The summed E-state index contributed by atoms with van der Waals surface area (Å²) in [6.45, 7) is 9.59. The highest BCUT2D eigenvalue weighted by Gasteiger charge is 2.39. The first-order valence-electron chi connectivity index (χ1n) is 8.38. The van der Waals surface area contributed by atoms with Crippen molar-refractivity contribution in [3.05, 3.63) is 0 Å². The number of piperidine rings is 1. The summed E-state index contributed by atoms with van der Waals surface area (Å²) in [6.07, 6.45) is 5.24. The SMILES string of the molecule is CC(C)N1CC2CCCC(C1)C2NCCCOCCO. The van der Waals surface area contributed by atoms with Gasteiger partial charge in [0, 0.05) is 31.8 Å². The van der Waals surface area contributed by atoms with Gasteiger partial charge in [0.2, 0.25) is 0 Å². The lowest BCUT2D eigenvalue weighted by molar-refractivity contribution is 0.0281. The molecule has 20 heavy (non-hydrogen) atoms. The van der Waals surface area contributed by atoms with E-state index in [1.165, 1.54) is 32.4 Å². The molecular formula is C16H32N2O2. The van der Waals surface area contributed by atoms with Crippen molar-refractivity contribution in [2.75, 3.05) is 39.5 Å². The molecule has 1 heterocycles. The number of rotatable bonds is 8. The summed E-state index contributed by atoms with van der Waals surface area (Å²) in [5, 5.41) is 12.5. The Morgan fingerprint density at radius 1 is 1.20 bits per heavy atom. The molecule has 2 N–H and O–H groups in total. The van der Waals surface area contributed by atoms with Crippen LogP contribution < -0.4 is 5.32 Å². The van der Waals surface area contributed by atoms with Crippen LogP contribution in [0.3, 0.4) is 0 Å². The van der Waals surface area contributed by atoms with Crippen LogP contribution in [0.5, 0.6) is 0 Å². The molecule has 2 atom stereocenters. The largest absolute Gasteiger partial charge is 0.394 e. The van der Waals surface area contributed by atoms with Crippen LogP contribution in [0.15, 0.2) is 0 Å². The number of nitrogens with zero attached hydrogens (tertiary/aromatic N) is 1. The lowest BCUT2D eigenvalue weighted by Gasteiger charge is -2.49. The van der Waals surface area contributed by atoms with E-state index in [1.54, 1.807) is 0 Å². The molecule has 2 fully saturated rings. The van der Waals surface area contributed by atoms with Crippen LogP contribution in [0.25, 0.3) is 0 Å². The molecule has 0 spiro atoms. The molecule has 1 saturated heterocycles. The van der Waals surface area contributed by atoms with E-state index >= 15 is 0 Å². The van der Waals surface area contributed by atoms with Gasteiger partial charge in [0.1, 0.15) is 0 Å². The lowest BCUT2D eigenvalue weighted by atomic mass is 9.73. The van der Waals surface area contributed by atoms with Crippen molar-refractivity contribution in [3.8, 4) is 0 Å². The van der Waals surface area contributed by atoms with Gasteiger partial charge in [0.25, 0.3) is 0 Å². The van der Waals surface area contributed by atoms with Crippen LogP contribution in [0.2, 0.25) is 0 Å². The van der Waals surface area contributed by atoms with Gasteiger partial charge >= 0.3 is 0 Å². The lowest BCUT2D eigenvalue weighted by Crippen LogP contribution is -2.58. The fourth-order valence-corrected chi connectivity index (χ4v) is 3.84. The summed E-state index contributed by atoms with van der Waals surface area (Å²) in [6, 6.07) is 1.41. The van der Waals surface area contributed by atoms with Crippen molar-refractivity contribution in [1.29, 1.82) is 0 Å². The number of hydrogen-bond donors (Lipinski definition) is 2. The number of likely N-dealkylation sites (tertiary alicyclic amines) is 1. The second-order valence-electron chi connectivity index (χ2n) is 6.67. The molecule has 2 rings (SSSR count). The molecule has 0 aromatic heterocycles. The minimum Gasteiger partial charge on any atom is -0.394 e. The zero-order valence-electron chi connectivity index (χ0n) is 13.2. The monoisotopic (exact) mass is 284 g/mol. The first kappa shape index (κ1) is 16.2. The predicted molar refractivity (Wildman–Crippen MR) is 81.9 cm³/mol. The molecule has 1 saturated carbocycles. The van der Waals surface area contributed by atoms with Crippen molar-refractivity contribution >= 4 is 0 Å². The standard InChI is InChI=1S/C16H32N2O2/c1-13(2)18-11-14-5-3-6-15(12-18)16(14)17-7-4-9-20-10-8-19/h13-17,19H,3-12H2,1-2H3. The topological polar surface area (TPSA) is 44.7 Å². The number of ether oxygens (including phenoxy) is 1. The third kappa shape index (κ3) is 4.42. The number of aliphatic hydroxyl groups is 1. The van der Waals surface area contributed by atoms with Gasteiger partial charge in [-0.15, -0.1) is 0 Å². The van der Waals surface area contributed by atoms with E-state index in [-0.39, 0.29) is 6.61 Å². The third-order valence-corrected chi connectivity index (χ3v) is 4.92. The Labute approximate surface area is 123 Å². The van der Waals surface area contributed by atoms with Crippen LogP contribution in [-0.2, 0) is 4.74 Å². The van der Waals surface area contributed by atoms with Gasteiger partial charge in [-0.25, -0.2) is 0 Å². The van der Waals surface area contributed by atoms with Crippen LogP contribution in [0, 0.1) is 11.8 Å². The van der Waals surface area contributed by atoms with Gasteiger partial charge in [-0.05, 0) is 51.5 Å². The summed E-state index contributed by atoms with van der Waals surface area (Å²) in [5.74, 6) is 1.67. The van der Waals surface area contributed by atoms with Crippen LogP contribution in [0.4, 0.5) is 0 Å². The highest BCUT2D eigenvalue weighted by molar-refractivity contribution is 4.95. The Bertz CT molecular complexity index is 259. The van der Waals surface area contributed by atoms with Crippen molar-refractivity contribution in [1.82, 2.24) is 10.2 Å². The molecule has 2 aliphatic rings. The molecule has 4 heteroatoms. The van der Waals surface area contributed by atoms with Crippen molar-refractivity contribution in [2.24, 2.45) is 11.8 Å². The smallest absolute Gasteiger partial charge is 0.0697 e. The van der Waals surface area contributed by atoms with Gasteiger partial charge in [-0.1, -0.05) is 6.42 Å². The van der Waals surface area contributed by atoms with E-state index in [9.17, 15) is 0 Å². The molecule has 1 aliphatic carbocycles. The molecule has 0 aromatic carbocycles. The maximum atomic E-state index is 8.66. The van der Waals surface area contributed by atoms with Crippen molar-refractivity contribution in [2.45, 2.75) is 51.6 Å². The number of aliphatic hydroxyl groups excluding tert-OH is 1. The first-order valence-corrected chi connectivity index (χ1v) is 8.38. The minimum atomic E-state index is 0.130. The quantitative estimate of drug-likeness (QED) is 0.663. The summed E-state index contributed by atoms with van der Waals surface area (Å²) >= 11 is 0. The van der Waals surface area contributed by atoms with Crippen LogP contribution >= 0.6 is 0 Å². The Kier molecular flexibility index (Phi) is 6.75. The minimum absolute atomic E-state index is 0.130. The molecular weight excluding hydrogens is 252 g/mol. The molecule has 2 unspecified atom stereocenters. The Hall–Kier alpha value is -0.160. The van der Waals surface area contributed by atoms with Gasteiger partial charge in [0.15, 0.2) is 0 Å². The van der Waals surface area contributed by atoms with Gasteiger partial charge in [-0.2, -0.15) is 0 Å². The third-order valence-electron chi connectivity index (χ3n) is 4.92. The molecule has 2 bridgehead atoms. The van der Waals surface area contributed by atoms with E-state index in [0.29, 0.717) is 12.6 Å². The maximum absolute atomic E-state index is 8.66. The van der Waals surface area contributed by atoms with E-state index < -0.39 is 0 Å². The first-order chi connectivity index (χ1) is 9.72. The number of nitrogens with one attached hydrogen (secondary N) is 1. The number of fused-ring (bicyclic) bond motifs is 2. The second kappa shape index (κ2) is 8.32. The highest BCUT2D eigenvalue weighted by Crippen LogP contribution is 2.35. The number of hydrogen-bond acceptors (Lipinski definition) is 4. The molecule has 0 aromatic rings. The Morgan fingerprint density at radius 2 is 1.90 bits per heavy atom. The molecule has 118 valence electrons. The highest BCUT2D eigenvalue weighted by atomic mass is 16.5. The van der Waals surface area contributed by atoms with Crippen LogP contribution in [-0.4, -0.2) is 61.5 Å². The van der Waals surface area contributed by atoms with E-state index in [2.05, 4.69) is 24.1 Å². The van der Waals surface area contributed by atoms with Gasteiger partial charge < -0.3 is 20.1 Å². The summed E-state index contributed by atoms with van der Waals surface area (Å²) < 4.78 is 5.32. The zero-order valence-corrected chi connectivity index (χ0v) is 13.2. The molecule has 4 nitrogen and oxygen atoms in total. The van der Waals surface area contributed by atoms with Gasteiger partial charge in [0.05, 0.1) is 13.2 Å². The normalized spacial score (nSPS) is 30.9. The molecule has 0 amide bonds. The average Bonchev–Trinajstić information content (AvgIpc) is 2.41. The van der Waals surface area contributed by atoms with Crippen LogP contribution in [0.1, 0.15) is 39.5 Å². The Balaban J connectivity index is 1.72. The van der Waals surface area contributed by atoms with E-state index in [1.807, 2.05) is 0 Å². The summed E-state index contributed by atoms with van der Waals surface area (Å²) in [4.78, 5) is 2.66. The fraction of sp³-hybridized carbons (Fsp3) is 1.00. The van der Waals surface area contributed by atoms with E-state index in [0.717, 1.165) is 37.5 Å².